The fourth-order valence-electron chi connectivity index (χ4n) is 2.83. The van der Waals surface area contributed by atoms with Gasteiger partial charge in [0.2, 0.25) is 0 Å². The lowest BCUT2D eigenvalue weighted by Gasteiger charge is -2.31. The van der Waals surface area contributed by atoms with Crippen LogP contribution in [0.4, 0.5) is 0 Å². The Hall–Kier alpha value is -1.50. The number of amides is 1. The zero-order valence-corrected chi connectivity index (χ0v) is 10.7. The molecule has 3 heterocycles. The third kappa shape index (κ3) is 2.75. The monoisotopic (exact) mass is 262 g/mol. The topological polar surface area (TPSA) is 80.5 Å². The number of nitrogens with zero attached hydrogens (tertiary/aromatic N) is 2. The predicted octanol–water partition coefficient (Wildman–Crippen LogP) is 0.0483. The number of rotatable bonds is 3. The minimum Gasteiger partial charge on any atom is -0.372 e. The predicted molar refractivity (Wildman–Crippen MR) is 69.1 cm³/mol. The normalized spacial score (nSPS) is 26.4. The maximum absolute atomic E-state index is 11.4. The van der Waals surface area contributed by atoms with Crippen LogP contribution in [0.1, 0.15) is 29.0 Å². The highest BCUT2D eigenvalue weighted by Crippen LogP contribution is 2.26. The van der Waals surface area contributed by atoms with Crippen molar-refractivity contribution in [3.05, 3.63) is 29.6 Å². The van der Waals surface area contributed by atoms with Gasteiger partial charge in [0.05, 0.1) is 17.9 Å². The van der Waals surface area contributed by atoms with E-state index in [1.165, 1.54) is 0 Å². The van der Waals surface area contributed by atoms with Crippen molar-refractivity contribution in [1.82, 2.24) is 15.3 Å². The molecule has 2 aliphatic heterocycles. The van der Waals surface area contributed by atoms with Crippen LogP contribution >= 0.6 is 0 Å². The van der Waals surface area contributed by atoms with Crippen molar-refractivity contribution >= 4 is 5.91 Å². The number of morpholine rings is 1. The first-order valence-corrected chi connectivity index (χ1v) is 6.59. The molecule has 1 aromatic rings. The lowest BCUT2D eigenvalue weighted by molar-refractivity contribution is -0.0414. The van der Waals surface area contributed by atoms with E-state index in [0.29, 0.717) is 17.9 Å². The summed E-state index contributed by atoms with van der Waals surface area (Å²) in [5.41, 5.74) is 3.35. The summed E-state index contributed by atoms with van der Waals surface area (Å²) in [6, 6.07) is 5.43. The molecule has 3 rings (SSSR count). The Kier molecular flexibility index (Phi) is 3.46. The molecular formula is C13H18N4O2. The molecule has 6 heteroatoms. The summed E-state index contributed by atoms with van der Waals surface area (Å²) in [5.74, 6) is 4.76. The number of nitrogen functional groups attached to an aromatic ring is 1. The second-order valence-corrected chi connectivity index (χ2v) is 5.14. The van der Waals surface area contributed by atoms with Crippen LogP contribution < -0.4 is 11.3 Å². The van der Waals surface area contributed by atoms with Crippen LogP contribution in [0.2, 0.25) is 0 Å². The first-order chi connectivity index (χ1) is 9.24. The fourth-order valence-corrected chi connectivity index (χ4v) is 2.83. The Morgan fingerprint density at radius 2 is 2.16 bits per heavy atom. The van der Waals surface area contributed by atoms with Gasteiger partial charge in [-0.1, -0.05) is 6.07 Å². The Morgan fingerprint density at radius 3 is 2.84 bits per heavy atom. The molecule has 0 aliphatic carbocycles. The third-order valence-electron chi connectivity index (χ3n) is 3.68. The zero-order chi connectivity index (χ0) is 13.2. The van der Waals surface area contributed by atoms with E-state index < -0.39 is 0 Å². The first-order valence-electron chi connectivity index (χ1n) is 6.59. The Bertz CT molecular complexity index is 467. The van der Waals surface area contributed by atoms with Gasteiger partial charge in [-0.15, -0.1) is 0 Å². The van der Waals surface area contributed by atoms with Gasteiger partial charge in [0.1, 0.15) is 5.69 Å². The quantitative estimate of drug-likeness (QED) is 0.457. The number of carbonyl (C=O) groups excluding carboxylic acids is 1. The molecule has 0 spiro atoms. The number of fused-ring (bicyclic) bond motifs is 2. The average Bonchev–Trinajstić information content (AvgIpc) is 2.77. The van der Waals surface area contributed by atoms with E-state index in [2.05, 4.69) is 15.3 Å². The van der Waals surface area contributed by atoms with Gasteiger partial charge < -0.3 is 4.74 Å². The van der Waals surface area contributed by atoms with Crippen molar-refractivity contribution < 1.29 is 9.53 Å². The van der Waals surface area contributed by atoms with Crippen LogP contribution in [-0.4, -0.2) is 41.1 Å². The summed E-state index contributed by atoms with van der Waals surface area (Å²) >= 11 is 0. The van der Waals surface area contributed by atoms with Gasteiger partial charge in [-0.25, -0.2) is 10.8 Å². The molecule has 1 amide bonds. The highest BCUT2D eigenvalue weighted by molar-refractivity contribution is 5.91. The van der Waals surface area contributed by atoms with E-state index in [1.54, 1.807) is 6.07 Å². The van der Waals surface area contributed by atoms with Crippen molar-refractivity contribution in [3.8, 4) is 0 Å². The molecule has 2 bridgehead atoms. The average molecular weight is 262 g/mol. The van der Waals surface area contributed by atoms with Crippen molar-refractivity contribution in [2.75, 3.05) is 13.1 Å². The van der Waals surface area contributed by atoms with E-state index >= 15 is 0 Å². The Labute approximate surface area is 111 Å². The van der Waals surface area contributed by atoms with Gasteiger partial charge in [0.15, 0.2) is 0 Å². The second kappa shape index (κ2) is 5.24. The number of nitrogens with two attached hydrogens (primary N) is 1. The molecule has 102 valence electrons. The number of carbonyl (C=O) groups is 1. The molecule has 2 unspecified atom stereocenters. The van der Waals surface area contributed by atoms with E-state index in [0.717, 1.165) is 38.2 Å². The summed E-state index contributed by atoms with van der Waals surface area (Å²) in [4.78, 5) is 18.1. The van der Waals surface area contributed by atoms with Crippen molar-refractivity contribution in [1.29, 1.82) is 0 Å². The highest BCUT2D eigenvalue weighted by atomic mass is 16.5. The van der Waals surface area contributed by atoms with Gasteiger partial charge in [-0.2, -0.15) is 0 Å². The van der Waals surface area contributed by atoms with Gasteiger partial charge in [0, 0.05) is 19.6 Å². The molecule has 2 atom stereocenters. The van der Waals surface area contributed by atoms with Crippen LogP contribution in [0.15, 0.2) is 18.2 Å². The molecular weight excluding hydrogens is 244 g/mol. The van der Waals surface area contributed by atoms with Crippen LogP contribution in [0.25, 0.3) is 0 Å². The lowest BCUT2D eigenvalue weighted by atomic mass is 10.2. The summed E-state index contributed by atoms with van der Waals surface area (Å²) in [6.45, 7) is 2.65. The number of likely N-dealkylation sites (tertiary alicyclic amines) is 1. The van der Waals surface area contributed by atoms with E-state index in [4.69, 9.17) is 10.6 Å². The summed E-state index contributed by atoms with van der Waals surface area (Å²) < 4.78 is 5.80. The number of ether oxygens (including phenoxy) is 1. The number of nitrogens with one attached hydrogen (secondary N) is 1. The van der Waals surface area contributed by atoms with Crippen molar-refractivity contribution in [2.45, 2.75) is 31.6 Å². The standard InChI is InChI=1S/C13H18N4O2/c14-16-13(18)12-3-1-2-9(15-12)6-17-7-10-4-5-11(8-17)19-10/h1-3,10-11H,4-8,14H2,(H,16,18). The molecule has 2 fully saturated rings. The van der Waals surface area contributed by atoms with Crippen LogP contribution in [0.5, 0.6) is 0 Å². The molecule has 2 saturated heterocycles. The smallest absolute Gasteiger partial charge is 0.283 e. The van der Waals surface area contributed by atoms with Gasteiger partial charge in [-0.05, 0) is 25.0 Å². The number of hydrazine groups is 1. The number of hydrogen-bond donors (Lipinski definition) is 2. The molecule has 19 heavy (non-hydrogen) atoms. The fraction of sp³-hybridized carbons (Fsp3) is 0.538. The molecule has 6 nitrogen and oxygen atoms in total. The third-order valence-corrected chi connectivity index (χ3v) is 3.68. The van der Waals surface area contributed by atoms with Crippen LogP contribution in [0.3, 0.4) is 0 Å². The first kappa shape index (κ1) is 12.5. The van der Waals surface area contributed by atoms with Crippen LogP contribution in [-0.2, 0) is 11.3 Å². The van der Waals surface area contributed by atoms with Gasteiger partial charge >= 0.3 is 0 Å². The number of pyridine rings is 1. The van der Waals surface area contributed by atoms with Crippen LogP contribution in [0, 0.1) is 0 Å². The SMILES string of the molecule is NNC(=O)c1cccc(CN2CC3CCC(C2)O3)n1. The van der Waals surface area contributed by atoms with E-state index in [9.17, 15) is 4.79 Å². The zero-order valence-electron chi connectivity index (χ0n) is 10.7. The minimum atomic E-state index is -0.358. The number of hydrogen-bond acceptors (Lipinski definition) is 5. The van der Waals surface area contributed by atoms with Crippen molar-refractivity contribution in [2.24, 2.45) is 5.84 Å². The molecule has 1 aromatic heterocycles. The van der Waals surface area contributed by atoms with Crippen molar-refractivity contribution in [3.63, 3.8) is 0 Å². The molecule has 2 aliphatic rings. The lowest BCUT2D eigenvalue weighted by Crippen LogP contribution is -2.42. The van der Waals surface area contributed by atoms with E-state index in [-0.39, 0.29) is 5.91 Å². The largest absolute Gasteiger partial charge is 0.372 e. The molecule has 0 saturated carbocycles. The maximum Gasteiger partial charge on any atom is 0.283 e. The summed E-state index contributed by atoms with van der Waals surface area (Å²) in [5, 5.41) is 0. The summed E-state index contributed by atoms with van der Waals surface area (Å²) in [6.07, 6.45) is 3.05. The van der Waals surface area contributed by atoms with Gasteiger partial charge in [0.25, 0.3) is 5.91 Å². The summed E-state index contributed by atoms with van der Waals surface area (Å²) in [7, 11) is 0. The minimum absolute atomic E-state index is 0.358. The van der Waals surface area contributed by atoms with Gasteiger partial charge in [-0.3, -0.25) is 15.1 Å². The Morgan fingerprint density at radius 1 is 1.42 bits per heavy atom. The maximum atomic E-state index is 11.4. The number of aromatic nitrogens is 1. The Balaban J connectivity index is 1.68. The molecule has 0 aromatic carbocycles. The second-order valence-electron chi connectivity index (χ2n) is 5.14. The highest BCUT2D eigenvalue weighted by Gasteiger charge is 2.33. The molecule has 3 N–H and O–H groups in total. The molecule has 0 radical (unpaired) electrons. The van der Waals surface area contributed by atoms with E-state index in [1.807, 2.05) is 12.1 Å².